The summed E-state index contributed by atoms with van der Waals surface area (Å²) in [6.45, 7) is 10.6. The van der Waals surface area contributed by atoms with Gasteiger partial charge in [0.05, 0.1) is 9.17 Å². The molecule has 0 fully saturated rings. The lowest BCUT2D eigenvalue weighted by Gasteiger charge is -2.26. The average molecular weight is 681 g/mol. The standard InChI is InChI=1S/C34H32Br2O3S/c1-6-18(2)26-16-23(17-27(35)32(26)39-31(34(37)38)20(4)22-12-8-7-9-13-22)29-24-14-10-11-15-25(24)30(36)33-28(29)19(3)21(5)40-33/h7-18,20,31H,6H2,1-5H3,(H,37,38)/t18?,20?,31-/m1/s1. The van der Waals surface area contributed by atoms with Crippen molar-refractivity contribution < 1.29 is 14.6 Å². The van der Waals surface area contributed by atoms with Crippen molar-refractivity contribution in [1.29, 1.82) is 0 Å². The molecule has 0 saturated heterocycles. The van der Waals surface area contributed by atoms with E-state index in [1.807, 2.05) is 48.6 Å². The fourth-order valence-corrected chi connectivity index (χ4v) is 7.90. The molecule has 2 unspecified atom stereocenters. The van der Waals surface area contributed by atoms with E-state index < -0.39 is 12.1 Å². The first-order valence-electron chi connectivity index (χ1n) is 13.5. The lowest BCUT2D eigenvalue weighted by Crippen LogP contribution is -2.33. The second kappa shape index (κ2) is 11.7. The van der Waals surface area contributed by atoms with Gasteiger partial charge in [0, 0.05) is 20.7 Å². The van der Waals surface area contributed by atoms with E-state index in [4.69, 9.17) is 4.74 Å². The molecule has 3 nitrogen and oxygen atoms in total. The molecule has 0 aliphatic rings. The van der Waals surface area contributed by atoms with Gasteiger partial charge in [0.25, 0.3) is 0 Å². The maximum atomic E-state index is 12.5. The summed E-state index contributed by atoms with van der Waals surface area (Å²) < 4.78 is 9.57. The first-order chi connectivity index (χ1) is 19.1. The number of aliphatic carboxylic acids is 1. The van der Waals surface area contributed by atoms with Crippen molar-refractivity contribution >= 4 is 70.0 Å². The number of hydrogen-bond donors (Lipinski definition) is 1. The number of aryl methyl sites for hydroxylation is 2. The number of ether oxygens (including phenoxy) is 1. The molecule has 1 N–H and O–H groups in total. The minimum absolute atomic E-state index is 0.162. The van der Waals surface area contributed by atoms with Crippen molar-refractivity contribution in [3.05, 3.63) is 97.2 Å². The second-order valence-electron chi connectivity index (χ2n) is 10.5. The summed E-state index contributed by atoms with van der Waals surface area (Å²) in [6.07, 6.45) is -0.139. The van der Waals surface area contributed by atoms with Gasteiger partial charge in [0.1, 0.15) is 5.75 Å². The first kappa shape index (κ1) is 28.8. The highest BCUT2D eigenvalue weighted by atomic mass is 79.9. The minimum atomic E-state index is -1.03. The highest BCUT2D eigenvalue weighted by Crippen LogP contribution is 2.49. The van der Waals surface area contributed by atoms with Gasteiger partial charge < -0.3 is 9.84 Å². The van der Waals surface area contributed by atoms with Crippen molar-refractivity contribution in [2.24, 2.45) is 0 Å². The largest absolute Gasteiger partial charge is 0.478 e. The zero-order valence-electron chi connectivity index (χ0n) is 23.2. The molecule has 6 heteroatoms. The van der Waals surface area contributed by atoms with E-state index in [0.29, 0.717) is 5.75 Å². The van der Waals surface area contributed by atoms with Gasteiger partial charge in [0.2, 0.25) is 6.10 Å². The maximum absolute atomic E-state index is 12.5. The van der Waals surface area contributed by atoms with Crippen LogP contribution in [0.5, 0.6) is 5.75 Å². The molecule has 0 aliphatic heterocycles. The van der Waals surface area contributed by atoms with Gasteiger partial charge in [-0.1, -0.05) is 75.4 Å². The molecular weight excluding hydrogens is 648 g/mol. The van der Waals surface area contributed by atoms with E-state index in [9.17, 15) is 9.90 Å². The molecule has 5 aromatic rings. The van der Waals surface area contributed by atoms with Crippen LogP contribution >= 0.6 is 43.2 Å². The zero-order chi connectivity index (χ0) is 28.7. The van der Waals surface area contributed by atoms with Crippen LogP contribution in [0.4, 0.5) is 0 Å². The lowest BCUT2D eigenvalue weighted by atomic mass is 9.89. The summed E-state index contributed by atoms with van der Waals surface area (Å²) >= 11 is 9.54. The minimum Gasteiger partial charge on any atom is -0.478 e. The summed E-state index contributed by atoms with van der Waals surface area (Å²) in [7, 11) is 0. The highest BCUT2D eigenvalue weighted by Gasteiger charge is 2.31. The van der Waals surface area contributed by atoms with Crippen molar-refractivity contribution in [2.45, 2.75) is 59.0 Å². The smallest absolute Gasteiger partial charge is 0.345 e. The lowest BCUT2D eigenvalue weighted by molar-refractivity contribution is -0.146. The number of fused-ring (bicyclic) bond motifs is 2. The van der Waals surface area contributed by atoms with Crippen LogP contribution < -0.4 is 4.74 Å². The normalized spacial score (nSPS) is 13.9. The number of carbonyl (C=O) groups is 1. The zero-order valence-corrected chi connectivity index (χ0v) is 27.2. The topological polar surface area (TPSA) is 46.5 Å². The maximum Gasteiger partial charge on any atom is 0.345 e. The van der Waals surface area contributed by atoms with E-state index in [2.05, 4.69) is 96.0 Å². The molecule has 4 aromatic carbocycles. The second-order valence-corrected chi connectivity index (χ2v) is 13.4. The predicted molar refractivity (Wildman–Crippen MR) is 175 cm³/mol. The van der Waals surface area contributed by atoms with E-state index in [0.717, 1.165) is 32.1 Å². The number of carboxylic acids is 1. The molecule has 40 heavy (non-hydrogen) atoms. The van der Waals surface area contributed by atoms with Crippen molar-refractivity contribution in [3.8, 4) is 16.9 Å². The highest BCUT2D eigenvalue weighted by molar-refractivity contribution is 9.11. The fraction of sp³-hybridized carbons (Fsp3) is 0.265. The quantitative estimate of drug-likeness (QED) is 0.177. The first-order valence-corrected chi connectivity index (χ1v) is 15.9. The van der Waals surface area contributed by atoms with Crippen LogP contribution in [0.25, 0.3) is 32.0 Å². The Morgan fingerprint density at radius 2 is 1.62 bits per heavy atom. The Morgan fingerprint density at radius 3 is 2.27 bits per heavy atom. The van der Waals surface area contributed by atoms with E-state index >= 15 is 0 Å². The third kappa shape index (κ3) is 5.10. The number of rotatable bonds is 8. The number of hydrogen-bond acceptors (Lipinski definition) is 3. The van der Waals surface area contributed by atoms with Crippen LogP contribution in [0.3, 0.4) is 0 Å². The van der Waals surface area contributed by atoms with Gasteiger partial charge in [-0.15, -0.1) is 11.3 Å². The molecule has 5 rings (SSSR count). The summed E-state index contributed by atoms with van der Waals surface area (Å²) in [4.78, 5) is 13.8. The predicted octanol–water partition coefficient (Wildman–Crippen LogP) is 11.0. The Hall–Kier alpha value is -2.67. The molecule has 0 saturated carbocycles. The van der Waals surface area contributed by atoms with Gasteiger partial charge in [-0.05, 0) is 109 Å². The summed E-state index contributed by atoms with van der Waals surface area (Å²) in [6, 6.07) is 22.5. The number of halogens is 2. The van der Waals surface area contributed by atoms with Gasteiger partial charge in [0.15, 0.2) is 0 Å². The molecule has 206 valence electrons. The van der Waals surface area contributed by atoms with Gasteiger partial charge >= 0.3 is 5.97 Å². The Balaban J connectivity index is 1.73. The van der Waals surface area contributed by atoms with Gasteiger partial charge in [-0.2, -0.15) is 0 Å². The van der Waals surface area contributed by atoms with Crippen molar-refractivity contribution in [2.75, 3.05) is 0 Å². The number of benzene rings is 4. The fourth-order valence-electron chi connectivity index (χ4n) is 5.43. The third-order valence-electron chi connectivity index (χ3n) is 8.04. The molecule has 1 heterocycles. The van der Waals surface area contributed by atoms with Crippen LogP contribution in [0.15, 0.2) is 75.7 Å². The van der Waals surface area contributed by atoms with Crippen LogP contribution in [-0.4, -0.2) is 17.2 Å². The van der Waals surface area contributed by atoms with Crippen molar-refractivity contribution in [3.63, 3.8) is 0 Å². The summed E-state index contributed by atoms with van der Waals surface area (Å²) in [5, 5.41) is 13.8. The molecule has 1 aromatic heterocycles. The van der Waals surface area contributed by atoms with Crippen LogP contribution in [0.1, 0.15) is 60.6 Å². The molecule has 0 amide bonds. The Kier molecular flexibility index (Phi) is 8.42. The molecule has 0 spiro atoms. The summed E-state index contributed by atoms with van der Waals surface area (Å²) in [5.41, 5.74) is 5.50. The van der Waals surface area contributed by atoms with Crippen LogP contribution in [-0.2, 0) is 4.79 Å². The Labute approximate surface area is 256 Å². The molecule has 0 bridgehead atoms. The molecule has 0 aliphatic carbocycles. The molecule has 3 atom stereocenters. The Morgan fingerprint density at radius 1 is 0.975 bits per heavy atom. The average Bonchev–Trinajstić information content (AvgIpc) is 3.25. The monoisotopic (exact) mass is 678 g/mol. The SMILES string of the molecule is CCC(C)c1cc(-c2c3ccccc3c(Br)c3sc(C)c(C)c23)cc(Br)c1O[C@@H](C(=O)O)C(C)c1ccccc1. The van der Waals surface area contributed by atoms with E-state index in [1.54, 1.807) is 0 Å². The van der Waals surface area contributed by atoms with Crippen LogP contribution in [0.2, 0.25) is 0 Å². The molecular formula is C34H32Br2O3S. The molecule has 0 radical (unpaired) electrons. The van der Waals surface area contributed by atoms with Crippen LogP contribution in [0, 0.1) is 13.8 Å². The van der Waals surface area contributed by atoms with E-state index in [-0.39, 0.29) is 11.8 Å². The Bertz CT molecular complexity index is 1720. The number of thiophene rings is 1. The van der Waals surface area contributed by atoms with E-state index in [1.165, 1.54) is 36.9 Å². The third-order valence-corrected chi connectivity index (χ3v) is 10.9. The van der Waals surface area contributed by atoms with Crippen molar-refractivity contribution in [1.82, 2.24) is 0 Å². The number of carboxylic acid groups (broad SMARTS) is 1. The summed E-state index contributed by atoms with van der Waals surface area (Å²) in [5.74, 6) is -0.548. The van der Waals surface area contributed by atoms with Gasteiger partial charge in [-0.25, -0.2) is 4.79 Å². The van der Waals surface area contributed by atoms with Gasteiger partial charge in [-0.3, -0.25) is 0 Å².